The Kier molecular flexibility index (Phi) is 5.69. The minimum atomic E-state index is 0.487. The van der Waals surface area contributed by atoms with Crippen LogP contribution < -0.4 is 9.47 Å². The maximum absolute atomic E-state index is 4.78. The Hall–Kier alpha value is -1.32. The van der Waals surface area contributed by atoms with Gasteiger partial charge in [-0.3, -0.25) is 0 Å². The first-order valence-corrected chi connectivity index (χ1v) is 3.78. The molecule has 0 amide bonds. The molecule has 0 aliphatic carbocycles. The lowest BCUT2D eigenvalue weighted by molar-refractivity contribution is 0.367. The number of ether oxygens (including phenoxy) is 2. The van der Waals surface area contributed by atoms with Gasteiger partial charge in [-0.15, -0.1) is 10.2 Å². The van der Waals surface area contributed by atoms with Gasteiger partial charge in [-0.1, -0.05) is 13.8 Å². The van der Waals surface area contributed by atoms with Gasteiger partial charge in [0, 0.05) is 12.1 Å². The van der Waals surface area contributed by atoms with Crippen molar-refractivity contribution in [1.82, 2.24) is 10.2 Å². The molecule has 68 valence electrons. The van der Waals surface area contributed by atoms with Crippen molar-refractivity contribution < 1.29 is 9.47 Å². The van der Waals surface area contributed by atoms with Gasteiger partial charge in [-0.05, 0) is 0 Å². The van der Waals surface area contributed by atoms with E-state index in [1.165, 1.54) is 14.2 Å². The molecule has 1 heterocycles. The zero-order chi connectivity index (χ0) is 9.40. The molecule has 4 heteroatoms. The molecule has 1 rings (SSSR count). The van der Waals surface area contributed by atoms with Crippen molar-refractivity contribution >= 4 is 0 Å². The second-order valence-corrected chi connectivity index (χ2v) is 1.62. The van der Waals surface area contributed by atoms with Gasteiger partial charge in [0.1, 0.15) is 0 Å². The van der Waals surface area contributed by atoms with Crippen molar-refractivity contribution in [1.29, 1.82) is 0 Å². The molecule has 0 atom stereocenters. The Balaban J connectivity index is 0.000000561. The van der Waals surface area contributed by atoms with E-state index in [9.17, 15) is 0 Å². The SMILES string of the molecule is CC.COc1ccc(OC)nn1. The monoisotopic (exact) mass is 170 g/mol. The van der Waals surface area contributed by atoms with Crippen molar-refractivity contribution in [3.63, 3.8) is 0 Å². The molecule has 0 aliphatic rings. The molecule has 0 bridgehead atoms. The topological polar surface area (TPSA) is 44.2 Å². The molecule has 0 spiro atoms. The number of rotatable bonds is 2. The van der Waals surface area contributed by atoms with Crippen molar-refractivity contribution in [3.05, 3.63) is 12.1 Å². The Morgan fingerprint density at radius 2 is 1.25 bits per heavy atom. The van der Waals surface area contributed by atoms with Crippen LogP contribution in [0.2, 0.25) is 0 Å². The van der Waals surface area contributed by atoms with Crippen LogP contribution in [-0.4, -0.2) is 24.4 Å². The summed E-state index contributed by atoms with van der Waals surface area (Å²) in [7, 11) is 3.08. The molecule has 0 unspecified atom stereocenters. The molecule has 1 aromatic rings. The molecule has 1 aromatic heterocycles. The van der Waals surface area contributed by atoms with Crippen LogP contribution in [0.5, 0.6) is 11.8 Å². The fourth-order valence-corrected chi connectivity index (χ4v) is 0.526. The second kappa shape index (κ2) is 6.39. The Bertz CT molecular complexity index is 176. The second-order valence-electron chi connectivity index (χ2n) is 1.62. The third kappa shape index (κ3) is 3.18. The van der Waals surface area contributed by atoms with Crippen LogP contribution in [0.25, 0.3) is 0 Å². The normalized spacial score (nSPS) is 8.00. The zero-order valence-corrected chi connectivity index (χ0v) is 7.87. The van der Waals surface area contributed by atoms with Crippen molar-refractivity contribution in [2.75, 3.05) is 14.2 Å². The molecular weight excluding hydrogens is 156 g/mol. The van der Waals surface area contributed by atoms with E-state index in [2.05, 4.69) is 10.2 Å². The van der Waals surface area contributed by atoms with E-state index >= 15 is 0 Å². The van der Waals surface area contributed by atoms with E-state index in [-0.39, 0.29) is 0 Å². The quantitative estimate of drug-likeness (QED) is 0.675. The molecule has 0 fully saturated rings. The zero-order valence-electron chi connectivity index (χ0n) is 7.87. The van der Waals surface area contributed by atoms with Crippen LogP contribution in [0.4, 0.5) is 0 Å². The van der Waals surface area contributed by atoms with E-state index in [1.54, 1.807) is 12.1 Å². The average molecular weight is 170 g/mol. The maximum atomic E-state index is 4.78. The summed E-state index contributed by atoms with van der Waals surface area (Å²) >= 11 is 0. The molecule has 0 saturated heterocycles. The number of aromatic nitrogens is 2. The lowest BCUT2D eigenvalue weighted by Gasteiger charge is -1.97. The number of nitrogens with zero attached hydrogens (tertiary/aromatic N) is 2. The van der Waals surface area contributed by atoms with Crippen LogP contribution in [0.1, 0.15) is 13.8 Å². The van der Waals surface area contributed by atoms with Gasteiger partial charge in [0.15, 0.2) is 0 Å². The van der Waals surface area contributed by atoms with Crippen molar-refractivity contribution in [3.8, 4) is 11.8 Å². The number of hydrogen-bond acceptors (Lipinski definition) is 4. The van der Waals surface area contributed by atoms with Crippen LogP contribution >= 0.6 is 0 Å². The van der Waals surface area contributed by atoms with Gasteiger partial charge in [0.2, 0.25) is 11.8 Å². The van der Waals surface area contributed by atoms with Gasteiger partial charge >= 0.3 is 0 Å². The molecule has 0 saturated carbocycles. The summed E-state index contributed by atoms with van der Waals surface area (Å²) < 4.78 is 9.57. The first kappa shape index (κ1) is 10.7. The highest BCUT2D eigenvalue weighted by Crippen LogP contribution is 2.07. The third-order valence-corrected chi connectivity index (χ3v) is 1.03. The van der Waals surface area contributed by atoms with Gasteiger partial charge < -0.3 is 9.47 Å². The van der Waals surface area contributed by atoms with E-state index in [0.717, 1.165) is 0 Å². The van der Waals surface area contributed by atoms with E-state index in [0.29, 0.717) is 11.8 Å². The molecule has 0 aliphatic heterocycles. The summed E-state index contributed by atoms with van der Waals surface area (Å²) in [4.78, 5) is 0. The van der Waals surface area contributed by atoms with E-state index in [1.807, 2.05) is 13.8 Å². The first-order chi connectivity index (χ1) is 5.86. The summed E-state index contributed by atoms with van der Waals surface area (Å²) in [5.41, 5.74) is 0. The van der Waals surface area contributed by atoms with Gasteiger partial charge in [0.25, 0.3) is 0 Å². The first-order valence-electron chi connectivity index (χ1n) is 3.78. The lowest BCUT2D eigenvalue weighted by Crippen LogP contribution is -1.92. The lowest BCUT2D eigenvalue weighted by atomic mass is 10.5. The summed E-state index contributed by atoms with van der Waals surface area (Å²) in [6, 6.07) is 3.37. The van der Waals surface area contributed by atoms with Gasteiger partial charge in [-0.2, -0.15) is 0 Å². The number of methoxy groups -OCH3 is 2. The summed E-state index contributed by atoms with van der Waals surface area (Å²) in [6.45, 7) is 4.00. The van der Waals surface area contributed by atoms with E-state index < -0.39 is 0 Å². The Labute approximate surface area is 72.5 Å². The highest BCUT2D eigenvalue weighted by Gasteiger charge is 1.93. The minimum Gasteiger partial charge on any atom is -0.480 e. The highest BCUT2D eigenvalue weighted by atomic mass is 16.5. The van der Waals surface area contributed by atoms with E-state index in [4.69, 9.17) is 9.47 Å². The van der Waals surface area contributed by atoms with Crippen molar-refractivity contribution in [2.45, 2.75) is 13.8 Å². The third-order valence-electron chi connectivity index (χ3n) is 1.03. The number of hydrogen-bond donors (Lipinski definition) is 0. The minimum absolute atomic E-state index is 0.487. The van der Waals surface area contributed by atoms with Crippen LogP contribution in [0.15, 0.2) is 12.1 Å². The van der Waals surface area contributed by atoms with Crippen LogP contribution in [0.3, 0.4) is 0 Å². The predicted octanol–water partition coefficient (Wildman–Crippen LogP) is 1.52. The molecule has 0 radical (unpaired) electrons. The maximum Gasteiger partial charge on any atom is 0.233 e. The van der Waals surface area contributed by atoms with Gasteiger partial charge in [-0.25, -0.2) is 0 Å². The highest BCUT2D eigenvalue weighted by molar-refractivity contribution is 5.14. The van der Waals surface area contributed by atoms with Gasteiger partial charge in [0.05, 0.1) is 14.2 Å². The fourth-order valence-electron chi connectivity index (χ4n) is 0.526. The summed E-state index contributed by atoms with van der Waals surface area (Å²) in [5, 5.41) is 7.34. The standard InChI is InChI=1S/C6H8N2O2.C2H6/c1-9-5-3-4-6(10-2)8-7-5;1-2/h3-4H,1-2H3;1-2H3. The molecule has 0 N–H and O–H groups in total. The molecular formula is C8H14N2O2. The predicted molar refractivity (Wildman–Crippen MR) is 46.5 cm³/mol. The van der Waals surface area contributed by atoms with Crippen molar-refractivity contribution in [2.24, 2.45) is 0 Å². The van der Waals surface area contributed by atoms with Crippen LogP contribution in [0, 0.1) is 0 Å². The molecule has 0 aromatic carbocycles. The summed E-state index contributed by atoms with van der Waals surface area (Å²) in [5.74, 6) is 0.974. The largest absolute Gasteiger partial charge is 0.480 e. The Morgan fingerprint density at radius 1 is 0.917 bits per heavy atom. The average Bonchev–Trinajstić information content (AvgIpc) is 2.21. The smallest absolute Gasteiger partial charge is 0.233 e. The Morgan fingerprint density at radius 3 is 1.42 bits per heavy atom. The summed E-state index contributed by atoms with van der Waals surface area (Å²) in [6.07, 6.45) is 0. The van der Waals surface area contributed by atoms with Crippen LogP contribution in [-0.2, 0) is 0 Å². The molecule has 12 heavy (non-hydrogen) atoms. The fraction of sp³-hybridized carbons (Fsp3) is 0.500. The molecule has 4 nitrogen and oxygen atoms in total.